The van der Waals surface area contributed by atoms with Gasteiger partial charge in [-0.1, -0.05) is 12.1 Å². The highest BCUT2D eigenvalue weighted by Gasteiger charge is 2.20. The second-order valence-corrected chi connectivity index (χ2v) is 5.79. The van der Waals surface area contributed by atoms with Crippen LogP contribution in [-0.4, -0.2) is 38.7 Å². The lowest BCUT2D eigenvalue weighted by Gasteiger charge is -2.12. The third-order valence-electron chi connectivity index (χ3n) is 3.70. The topological polar surface area (TPSA) is 88.7 Å². The molecule has 1 aliphatic carbocycles. The monoisotopic (exact) mass is 446 g/mol. The zero-order valence-electron chi connectivity index (χ0n) is 14.1. The summed E-state index contributed by atoms with van der Waals surface area (Å²) in [6, 6.07) is 7.26. The van der Waals surface area contributed by atoms with E-state index in [9.17, 15) is 4.79 Å². The van der Waals surface area contributed by atoms with E-state index >= 15 is 0 Å². The largest absolute Gasteiger partial charge is 0.381 e. The van der Waals surface area contributed by atoms with Crippen molar-refractivity contribution >= 4 is 35.8 Å². The van der Waals surface area contributed by atoms with Crippen molar-refractivity contribution in [3.8, 4) is 0 Å². The summed E-state index contributed by atoms with van der Waals surface area (Å²) in [4.78, 5) is 15.4. The zero-order chi connectivity index (χ0) is 16.5. The molecule has 1 aliphatic rings. The number of primary amides is 1. The molecule has 1 fully saturated rings. The predicted octanol–water partition coefficient (Wildman–Crippen LogP) is 1.89. The third kappa shape index (κ3) is 7.96. The number of nitrogens with zero attached hydrogens (tertiary/aromatic N) is 1. The minimum atomic E-state index is -0.416. The Hall–Kier alpha value is -1.35. The van der Waals surface area contributed by atoms with E-state index < -0.39 is 5.91 Å². The van der Waals surface area contributed by atoms with Gasteiger partial charge >= 0.3 is 0 Å². The van der Waals surface area contributed by atoms with Gasteiger partial charge in [-0.15, -0.1) is 24.0 Å². The van der Waals surface area contributed by atoms with Gasteiger partial charge < -0.3 is 21.1 Å². The van der Waals surface area contributed by atoms with Crippen molar-refractivity contribution in [1.29, 1.82) is 0 Å². The Morgan fingerprint density at radius 3 is 2.83 bits per heavy atom. The second-order valence-electron chi connectivity index (χ2n) is 5.79. The fraction of sp³-hybridized carbons (Fsp3) is 0.529. The van der Waals surface area contributed by atoms with Crippen molar-refractivity contribution in [3.63, 3.8) is 0 Å². The van der Waals surface area contributed by atoms with E-state index in [0.29, 0.717) is 12.1 Å². The molecule has 0 saturated heterocycles. The number of aliphatic imine (C=N–C) groups is 1. The van der Waals surface area contributed by atoms with E-state index in [1.165, 1.54) is 12.8 Å². The molecule has 134 valence electrons. The van der Waals surface area contributed by atoms with Crippen LogP contribution in [-0.2, 0) is 11.3 Å². The highest BCUT2D eigenvalue weighted by molar-refractivity contribution is 14.0. The average molecular weight is 446 g/mol. The maximum atomic E-state index is 11.2. The van der Waals surface area contributed by atoms with E-state index in [1.54, 1.807) is 19.2 Å². The summed E-state index contributed by atoms with van der Waals surface area (Å²) in [5, 5.41) is 6.46. The quantitative estimate of drug-likeness (QED) is 0.234. The first-order valence-electron chi connectivity index (χ1n) is 8.10. The molecular formula is C17H27IN4O2. The summed E-state index contributed by atoms with van der Waals surface area (Å²) >= 11 is 0. The number of hydrogen-bond donors (Lipinski definition) is 3. The van der Waals surface area contributed by atoms with Crippen molar-refractivity contribution in [2.45, 2.75) is 25.8 Å². The number of benzene rings is 1. The third-order valence-corrected chi connectivity index (χ3v) is 3.70. The van der Waals surface area contributed by atoms with Gasteiger partial charge in [0.2, 0.25) is 5.91 Å². The van der Waals surface area contributed by atoms with Gasteiger partial charge in [0.25, 0.3) is 0 Å². The van der Waals surface area contributed by atoms with Gasteiger partial charge in [0, 0.05) is 38.9 Å². The molecule has 0 aliphatic heterocycles. The fourth-order valence-electron chi connectivity index (χ4n) is 2.16. The second kappa shape index (κ2) is 11.2. The maximum absolute atomic E-state index is 11.2. The Morgan fingerprint density at radius 1 is 1.38 bits per heavy atom. The number of guanidine groups is 1. The van der Waals surface area contributed by atoms with Crippen molar-refractivity contribution in [2.24, 2.45) is 16.6 Å². The minimum absolute atomic E-state index is 0. The van der Waals surface area contributed by atoms with E-state index in [0.717, 1.165) is 43.6 Å². The van der Waals surface area contributed by atoms with Crippen molar-refractivity contribution in [1.82, 2.24) is 10.6 Å². The summed E-state index contributed by atoms with van der Waals surface area (Å²) in [6.45, 7) is 3.08. The van der Waals surface area contributed by atoms with E-state index in [2.05, 4.69) is 15.6 Å². The predicted molar refractivity (Wildman–Crippen MR) is 107 cm³/mol. The van der Waals surface area contributed by atoms with Crippen LogP contribution in [0.15, 0.2) is 29.3 Å². The number of rotatable bonds is 9. The molecule has 4 N–H and O–H groups in total. The van der Waals surface area contributed by atoms with Gasteiger partial charge in [-0.2, -0.15) is 0 Å². The molecule has 0 aromatic heterocycles. The van der Waals surface area contributed by atoms with Crippen LogP contribution < -0.4 is 16.4 Å². The number of halogens is 1. The van der Waals surface area contributed by atoms with Gasteiger partial charge in [0.15, 0.2) is 5.96 Å². The Balaban J connectivity index is 0.00000288. The highest BCUT2D eigenvalue weighted by atomic mass is 127. The van der Waals surface area contributed by atoms with Crippen LogP contribution >= 0.6 is 24.0 Å². The van der Waals surface area contributed by atoms with E-state index in [1.807, 2.05) is 12.1 Å². The van der Waals surface area contributed by atoms with Crippen LogP contribution in [0.4, 0.5) is 0 Å². The normalized spacial score (nSPS) is 14.0. The fourth-order valence-corrected chi connectivity index (χ4v) is 2.16. The molecule has 6 nitrogen and oxygen atoms in total. The summed E-state index contributed by atoms with van der Waals surface area (Å²) < 4.78 is 5.59. The summed E-state index contributed by atoms with van der Waals surface area (Å²) in [5.41, 5.74) is 6.78. The number of nitrogens with one attached hydrogen (secondary N) is 2. The number of amides is 1. The molecule has 1 aromatic carbocycles. The molecule has 0 heterocycles. The SMILES string of the molecule is CN=C(NCCCOCC1CC1)NCc1cccc(C(N)=O)c1.I. The van der Waals surface area contributed by atoms with Gasteiger partial charge in [-0.3, -0.25) is 9.79 Å². The van der Waals surface area contributed by atoms with Crippen LogP contribution in [0.1, 0.15) is 35.2 Å². The Morgan fingerprint density at radius 2 is 2.17 bits per heavy atom. The van der Waals surface area contributed by atoms with Gasteiger partial charge in [0.1, 0.15) is 0 Å². The molecule has 0 atom stereocenters. The van der Waals surface area contributed by atoms with Crippen LogP contribution in [0.3, 0.4) is 0 Å². The minimum Gasteiger partial charge on any atom is -0.381 e. The lowest BCUT2D eigenvalue weighted by atomic mass is 10.1. The Kier molecular flexibility index (Phi) is 9.70. The number of nitrogens with two attached hydrogens (primary N) is 1. The molecule has 2 rings (SSSR count). The molecule has 0 unspecified atom stereocenters. The first kappa shape index (κ1) is 20.7. The zero-order valence-corrected chi connectivity index (χ0v) is 16.4. The first-order valence-corrected chi connectivity index (χ1v) is 8.10. The standard InChI is InChI=1S/C17H26N4O2.HI/c1-19-17(20-8-3-9-23-12-13-6-7-13)21-11-14-4-2-5-15(10-14)16(18)22;/h2,4-5,10,13H,3,6-9,11-12H2,1H3,(H2,18,22)(H2,19,20,21);1H. The average Bonchev–Trinajstić information content (AvgIpc) is 3.38. The Bertz CT molecular complexity index is 547. The summed E-state index contributed by atoms with van der Waals surface area (Å²) in [7, 11) is 1.73. The van der Waals surface area contributed by atoms with Crippen LogP contribution in [0.2, 0.25) is 0 Å². The van der Waals surface area contributed by atoms with Crippen molar-refractivity contribution < 1.29 is 9.53 Å². The molecule has 1 amide bonds. The highest BCUT2D eigenvalue weighted by Crippen LogP contribution is 2.28. The molecule has 7 heteroatoms. The van der Waals surface area contributed by atoms with Gasteiger partial charge in [-0.25, -0.2) is 0 Å². The van der Waals surface area contributed by atoms with Gasteiger partial charge in [0.05, 0.1) is 0 Å². The lowest BCUT2D eigenvalue weighted by Crippen LogP contribution is -2.37. The van der Waals surface area contributed by atoms with E-state index in [4.69, 9.17) is 10.5 Å². The molecule has 24 heavy (non-hydrogen) atoms. The van der Waals surface area contributed by atoms with Crippen molar-refractivity contribution in [2.75, 3.05) is 26.8 Å². The first-order chi connectivity index (χ1) is 11.2. The number of hydrogen-bond acceptors (Lipinski definition) is 3. The number of carbonyl (C=O) groups is 1. The molecular weight excluding hydrogens is 419 g/mol. The summed E-state index contributed by atoms with van der Waals surface area (Å²) in [6.07, 6.45) is 3.60. The van der Waals surface area contributed by atoms with Crippen LogP contribution in [0, 0.1) is 5.92 Å². The summed E-state index contributed by atoms with van der Waals surface area (Å²) in [5.74, 6) is 1.13. The number of carbonyl (C=O) groups excluding carboxylic acids is 1. The lowest BCUT2D eigenvalue weighted by molar-refractivity contribution is 0.1000. The molecule has 0 spiro atoms. The smallest absolute Gasteiger partial charge is 0.248 e. The van der Waals surface area contributed by atoms with Crippen LogP contribution in [0.25, 0.3) is 0 Å². The number of ether oxygens (including phenoxy) is 1. The maximum Gasteiger partial charge on any atom is 0.248 e. The molecule has 0 radical (unpaired) electrons. The molecule has 0 bridgehead atoms. The van der Waals surface area contributed by atoms with Gasteiger partial charge in [-0.05, 0) is 42.9 Å². The molecule has 1 saturated carbocycles. The Labute approximate surface area is 160 Å². The van der Waals surface area contributed by atoms with Crippen molar-refractivity contribution in [3.05, 3.63) is 35.4 Å². The van der Waals surface area contributed by atoms with Crippen LogP contribution in [0.5, 0.6) is 0 Å². The molecule has 1 aromatic rings. The van der Waals surface area contributed by atoms with E-state index in [-0.39, 0.29) is 24.0 Å².